The molecule has 5 rings (SSSR count). The molecule has 192 valence electrons. The van der Waals surface area contributed by atoms with Crippen LogP contribution in [0.4, 0.5) is 18.9 Å². The number of fused-ring (bicyclic) bond motifs is 1. The molecule has 0 atom stereocenters. The Morgan fingerprint density at radius 2 is 1.76 bits per heavy atom. The number of hydrogen-bond donors (Lipinski definition) is 1. The summed E-state index contributed by atoms with van der Waals surface area (Å²) in [4.78, 5) is 25.5. The summed E-state index contributed by atoms with van der Waals surface area (Å²) < 4.78 is 43.3. The number of imidazole rings is 1. The highest BCUT2D eigenvalue weighted by Crippen LogP contribution is 2.34. The van der Waals surface area contributed by atoms with Gasteiger partial charge in [-0.15, -0.1) is 0 Å². The van der Waals surface area contributed by atoms with Crippen LogP contribution >= 0.6 is 0 Å². The normalized spacial score (nSPS) is 15.2. The number of piperazine rings is 1. The molecule has 7 nitrogen and oxygen atoms in total. The molecule has 2 aromatic carbocycles. The zero-order valence-corrected chi connectivity index (χ0v) is 20.4. The number of aromatic nitrogens is 3. The molecule has 4 aromatic rings. The predicted molar refractivity (Wildman–Crippen MR) is 135 cm³/mol. The fraction of sp³-hybridized carbons (Fsp3) is 0.296. The second kappa shape index (κ2) is 10.3. The van der Waals surface area contributed by atoms with Gasteiger partial charge in [0.25, 0.3) is 0 Å². The third-order valence-electron chi connectivity index (χ3n) is 6.57. The highest BCUT2D eigenvalue weighted by Gasteiger charge is 2.34. The van der Waals surface area contributed by atoms with Crippen molar-refractivity contribution in [2.75, 3.05) is 38.5 Å². The molecule has 0 bridgehead atoms. The van der Waals surface area contributed by atoms with Crippen LogP contribution in [0.3, 0.4) is 0 Å². The number of carbonyl (C=O) groups is 1. The molecule has 0 unspecified atom stereocenters. The van der Waals surface area contributed by atoms with E-state index in [0.717, 1.165) is 54.7 Å². The van der Waals surface area contributed by atoms with E-state index >= 15 is 0 Å². The van der Waals surface area contributed by atoms with Crippen LogP contribution in [0.25, 0.3) is 16.9 Å². The average Bonchev–Trinajstić information content (AvgIpc) is 3.30. The molecule has 2 aromatic heterocycles. The molecule has 1 N–H and O–H groups in total. The van der Waals surface area contributed by atoms with E-state index < -0.39 is 11.7 Å². The lowest BCUT2D eigenvalue weighted by atomic mass is 10.0. The van der Waals surface area contributed by atoms with E-state index in [2.05, 4.69) is 20.2 Å². The molecule has 1 fully saturated rings. The first kappa shape index (κ1) is 24.9. The van der Waals surface area contributed by atoms with Gasteiger partial charge in [0.15, 0.2) is 5.65 Å². The van der Waals surface area contributed by atoms with Crippen LogP contribution in [0.2, 0.25) is 0 Å². The second-order valence-corrected chi connectivity index (χ2v) is 9.30. The first-order valence-corrected chi connectivity index (χ1v) is 12.0. The molecule has 1 aliphatic rings. The van der Waals surface area contributed by atoms with Gasteiger partial charge in [-0.05, 0) is 54.6 Å². The molecule has 1 saturated heterocycles. The highest BCUT2D eigenvalue weighted by molar-refractivity contribution is 5.92. The molecule has 0 saturated carbocycles. The lowest BCUT2D eigenvalue weighted by molar-refractivity contribution is -0.138. The first-order chi connectivity index (χ1) is 17.8. The van der Waals surface area contributed by atoms with Crippen LogP contribution in [-0.4, -0.2) is 63.5 Å². The van der Waals surface area contributed by atoms with Gasteiger partial charge in [-0.25, -0.2) is 9.97 Å². The Hall–Kier alpha value is -3.76. The van der Waals surface area contributed by atoms with Gasteiger partial charge < -0.3 is 10.2 Å². The molecule has 3 heterocycles. The number of nitrogens with zero attached hydrogens (tertiary/aromatic N) is 5. The number of anilines is 1. The third-order valence-corrected chi connectivity index (χ3v) is 6.57. The summed E-state index contributed by atoms with van der Waals surface area (Å²) >= 11 is 0. The largest absolute Gasteiger partial charge is 0.416 e. The standard InChI is InChI=1S/C27H27F3N6O/c1-34-11-13-35(14-12-34)17-20-6-7-21(16-23(20)27(28,29)30)33-25(37)15-19-4-8-22(9-5-19)36-18-32-24-3-2-10-31-26(24)36/h2-10,16,18H,11-15,17H2,1H3,(H,33,37). The van der Waals surface area contributed by atoms with Gasteiger partial charge in [-0.3, -0.25) is 14.3 Å². The average molecular weight is 509 g/mol. The number of pyridine rings is 1. The summed E-state index contributed by atoms with van der Waals surface area (Å²) in [5, 5.41) is 2.62. The molecule has 10 heteroatoms. The highest BCUT2D eigenvalue weighted by atomic mass is 19.4. The number of rotatable bonds is 6. The van der Waals surface area contributed by atoms with Crippen molar-refractivity contribution in [2.24, 2.45) is 0 Å². The Bertz CT molecular complexity index is 1390. The Morgan fingerprint density at radius 1 is 1.00 bits per heavy atom. The summed E-state index contributed by atoms with van der Waals surface area (Å²) in [6.45, 7) is 3.32. The van der Waals surface area contributed by atoms with Crippen LogP contribution in [-0.2, 0) is 23.9 Å². The molecule has 1 amide bonds. The van der Waals surface area contributed by atoms with Crippen molar-refractivity contribution in [3.63, 3.8) is 0 Å². The molecule has 0 radical (unpaired) electrons. The van der Waals surface area contributed by atoms with Crippen LogP contribution in [0.1, 0.15) is 16.7 Å². The van der Waals surface area contributed by atoms with E-state index in [-0.39, 0.29) is 30.1 Å². The van der Waals surface area contributed by atoms with Gasteiger partial charge in [-0.1, -0.05) is 18.2 Å². The van der Waals surface area contributed by atoms with Gasteiger partial charge in [0.2, 0.25) is 5.91 Å². The summed E-state index contributed by atoms with van der Waals surface area (Å²) in [5.74, 6) is -0.387. The van der Waals surface area contributed by atoms with Crippen molar-refractivity contribution in [1.29, 1.82) is 0 Å². The Morgan fingerprint density at radius 3 is 2.49 bits per heavy atom. The Kier molecular flexibility index (Phi) is 6.94. The van der Waals surface area contributed by atoms with Crippen LogP contribution < -0.4 is 5.32 Å². The summed E-state index contributed by atoms with van der Waals surface area (Å²) in [6, 6.07) is 15.1. The van der Waals surface area contributed by atoms with Crippen molar-refractivity contribution < 1.29 is 18.0 Å². The van der Waals surface area contributed by atoms with Crippen LogP contribution in [0, 0.1) is 0 Å². The maximum atomic E-state index is 13.8. The minimum absolute atomic E-state index is 0.0353. The number of alkyl halides is 3. The number of hydrogen-bond acceptors (Lipinski definition) is 5. The number of amides is 1. The lowest BCUT2D eigenvalue weighted by Crippen LogP contribution is -2.44. The van der Waals surface area contributed by atoms with Crippen LogP contribution in [0.15, 0.2) is 67.1 Å². The Labute approximate surface area is 212 Å². The summed E-state index contributed by atoms with van der Waals surface area (Å²) in [6.07, 6.45) is -1.09. The maximum Gasteiger partial charge on any atom is 0.416 e. The fourth-order valence-electron chi connectivity index (χ4n) is 4.51. The zero-order chi connectivity index (χ0) is 26.0. The second-order valence-electron chi connectivity index (χ2n) is 9.30. The molecular weight excluding hydrogens is 481 g/mol. The molecule has 37 heavy (non-hydrogen) atoms. The number of nitrogens with one attached hydrogen (secondary N) is 1. The number of halogens is 3. The smallest absolute Gasteiger partial charge is 0.326 e. The Balaban J connectivity index is 1.26. The minimum atomic E-state index is -4.51. The molecular formula is C27H27F3N6O. The molecule has 0 aliphatic carbocycles. The van der Waals surface area contributed by atoms with Crippen molar-refractivity contribution >= 4 is 22.8 Å². The number of carbonyl (C=O) groups excluding carboxylic acids is 1. The molecule has 1 aliphatic heterocycles. The van der Waals surface area contributed by atoms with E-state index in [1.807, 2.05) is 52.9 Å². The van der Waals surface area contributed by atoms with E-state index in [0.29, 0.717) is 0 Å². The van der Waals surface area contributed by atoms with Crippen molar-refractivity contribution in [1.82, 2.24) is 24.3 Å². The third kappa shape index (κ3) is 5.81. The molecule has 0 spiro atoms. The van der Waals surface area contributed by atoms with Crippen LogP contribution in [0.5, 0.6) is 0 Å². The SMILES string of the molecule is CN1CCN(Cc2ccc(NC(=O)Cc3ccc(-n4cnc5cccnc54)cc3)cc2C(F)(F)F)CC1. The van der Waals surface area contributed by atoms with Gasteiger partial charge in [0.05, 0.1) is 12.0 Å². The minimum Gasteiger partial charge on any atom is -0.326 e. The van der Waals surface area contributed by atoms with Crippen molar-refractivity contribution in [2.45, 2.75) is 19.1 Å². The fourth-order valence-corrected chi connectivity index (χ4v) is 4.51. The number of benzene rings is 2. The monoisotopic (exact) mass is 508 g/mol. The van der Waals surface area contributed by atoms with Gasteiger partial charge in [-0.2, -0.15) is 13.2 Å². The van der Waals surface area contributed by atoms with Gasteiger partial charge in [0, 0.05) is 50.3 Å². The zero-order valence-electron chi connectivity index (χ0n) is 20.4. The summed E-state index contributed by atoms with van der Waals surface area (Å²) in [5.41, 5.74) is 2.72. The van der Waals surface area contributed by atoms with E-state index in [1.54, 1.807) is 18.6 Å². The number of likely N-dealkylation sites (N-methyl/N-ethyl adjacent to an activating group) is 1. The summed E-state index contributed by atoms with van der Waals surface area (Å²) in [7, 11) is 2.00. The van der Waals surface area contributed by atoms with E-state index in [1.165, 1.54) is 6.07 Å². The van der Waals surface area contributed by atoms with Crippen molar-refractivity contribution in [3.05, 3.63) is 83.8 Å². The van der Waals surface area contributed by atoms with E-state index in [9.17, 15) is 18.0 Å². The van der Waals surface area contributed by atoms with Gasteiger partial charge in [0.1, 0.15) is 11.8 Å². The first-order valence-electron chi connectivity index (χ1n) is 12.0. The maximum absolute atomic E-state index is 13.8. The van der Waals surface area contributed by atoms with E-state index in [4.69, 9.17) is 0 Å². The predicted octanol–water partition coefficient (Wildman–Crippen LogP) is 4.37. The lowest BCUT2D eigenvalue weighted by Gasteiger charge is -2.33. The van der Waals surface area contributed by atoms with Gasteiger partial charge >= 0.3 is 6.18 Å². The quantitative estimate of drug-likeness (QED) is 0.419. The van der Waals surface area contributed by atoms with Crippen molar-refractivity contribution in [3.8, 4) is 5.69 Å². The topological polar surface area (TPSA) is 66.3 Å².